The number of rotatable bonds is 11. The minimum absolute atomic E-state index is 0.0315. The molecule has 2 unspecified atom stereocenters. The Morgan fingerprint density at radius 3 is 2.47 bits per heavy atom. The highest BCUT2D eigenvalue weighted by molar-refractivity contribution is 5.98. The van der Waals surface area contributed by atoms with Gasteiger partial charge < -0.3 is 24.7 Å². The molecule has 3 rings (SSSR count). The summed E-state index contributed by atoms with van der Waals surface area (Å²) >= 11 is 0. The van der Waals surface area contributed by atoms with Crippen LogP contribution < -0.4 is 0 Å². The third-order valence-electron chi connectivity index (χ3n) is 7.65. The molecule has 0 aromatic rings. The monoisotopic (exact) mass is 478 g/mol. The lowest BCUT2D eigenvalue weighted by Gasteiger charge is -2.45. The molecule has 0 radical (unpaired) electrons. The van der Waals surface area contributed by atoms with Gasteiger partial charge in [-0.25, -0.2) is 0 Å². The summed E-state index contributed by atoms with van der Waals surface area (Å²) in [5.41, 5.74) is -1.64. The Hall–Kier alpha value is -1.93. The van der Waals surface area contributed by atoms with Gasteiger partial charge in [0.05, 0.1) is 17.9 Å². The van der Waals surface area contributed by atoms with Crippen LogP contribution >= 0.6 is 0 Å². The molecule has 0 aromatic carbocycles. The number of hydrogen-bond acceptors (Lipinski definition) is 5. The predicted octanol–water partition coefficient (Wildman–Crippen LogP) is 2.84. The zero-order chi connectivity index (χ0) is 25.5. The molecule has 8 heteroatoms. The number of carbonyl (C=O) groups excluding carboxylic acids is 2. The maximum atomic E-state index is 14.3. The van der Waals surface area contributed by atoms with E-state index in [-0.39, 0.29) is 23.8 Å². The fourth-order valence-corrected chi connectivity index (χ4v) is 6.83. The Kier molecular flexibility index (Phi) is 7.54. The molecule has 3 saturated heterocycles. The van der Waals surface area contributed by atoms with Crippen molar-refractivity contribution in [3.05, 3.63) is 12.7 Å². The van der Waals surface area contributed by atoms with E-state index < -0.39 is 41.1 Å². The highest BCUT2D eigenvalue weighted by Gasteiger charge is 2.75. The number of aliphatic carboxylic acids is 1. The average molecular weight is 479 g/mol. The Morgan fingerprint density at radius 2 is 1.91 bits per heavy atom. The second-order valence-electron chi connectivity index (χ2n) is 12.0. The van der Waals surface area contributed by atoms with E-state index in [1.807, 2.05) is 13.8 Å². The highest BCUT2D eigenvalue weighted by atomic mass is 16.5. The Morgan fingerprint density at radius 1 is 1.24 bits per heavy atom. The van der Waals surface area contributed by atoms with E-state index in [9.17, 15) is 19.5 Å². The summed E-state index contributed by atoms with van der Waals surface area (Å²) in [5.74, 6) is -3.28. The number of hydrogen-bond donors (Lipinski definition) is 2. The zero-order valence-corrected chi connectivity index (χ0v) is 21.4. The van der Waals surface area contributed by atoms with Crippen molar-refractivity contribution in [3.8, 4) is 0 Å². The molecule has 2 amide bonds. The minimum Gasteiger partial charge on any atom is -0.481 e. The first-order valence-corrected chi connectivity index (χ1v) is 12.5. The maximum absolute atomic E-state index is 14.3. The number of ether oxygens (including phenoxy) is 1. The summed E-state index contributed by atoms with van der Waals surface area (Å²) in [6.07, 6.45) is 4.92. The molecule has 1 spiro atoms. The van der Waals surface area contributed by atoms with Crippen LogP contribution in [0.2, 0.25) is 0 Å². The van der Waals surface area contributed by atoms with Crippen molar-refractivity contribution in [1.82, 2.24) is 9.80 Å². The van der Waals surface area contributed by atoms with Crippen LogP contribution in [0.15, 0.2) is 12.7 Å². The van der Waals surface area contributed by atoms with Crippen molar-refractivity contribution in [2.45, 2.75) is 96.4 Å². The van der Waals surface area contributed by atoms with Crippen LogP contribution in [-0.4, -0.2) is 80.8 Å². The first-order chi connectivity index (χ1) is 15.8. The van der Waals surface area contributed by atoms with Crippen LogP contribution in [0, 0.1) is 17.3 Å². The Balaban J connectivity index is 2.01. The first kappa shape index (κ1) is 26.7. The normalized spacial score (nSPS) is 30.5. The molecule has 8 nitrogen and oxygen atoms in total. The molecule has 34 heavy (non-hydrogen) atoms. The molecule has 2 bridgehead atoms. The molecule has 192 valence electrons. The van der Waals surface area contributed by atoms with Gasteiger partial charge in [-0.1, -0.05) is 26.8 Å². The lowest BCUT2D eigenvalue weighted by Crippen LogP contribution is -2.61. The van der Waals surface area contributed by atoms with Crippen LogP contribution in [0.4, 0.5) is 0 Å². The van der Waals surface area contributed by atoms with Crippen molar-refractivity contribution in [3.63, 3.8) is 0 Å². The highest BCUT2D eigenvalue weighted by Crippen LogP contribution is 2.58. The number of aliphatic hydroxyl groups is 1. The summed E-state index contributed by atoms with van der Waals surface area (Å²) in [6, 6.07) is -0.854. The molecule has 0 aliphatic carbocycles. The van der Waals surface area contributed by atoms with Crippen LogP contribution in [0.25, 0.3) is 0 Å². The molecule has 0 saturated carbocycles. The van der Waals surface area contributed by atoms with E-state index in [1.54, 1.807) is 15.9 Å². The SMILES string of the molecule is C=CCN(C(=O)C1N(CCCCCO)C(=O)[C@@H]2[C@@H](C(=O)O)[C@H]3CCC12O3)C(C)(C)CC(C)(C)C. The van der Waals surface area contributed by atoms with Gasteiger partial charge in [-0.3, -0.25) is 14.4 Å². The summed E-state index contributed by atoms with van der Waals surface area (Å²) in [4.78, 5) is 43.5. The van der Waals surface area contributed by atoms with Gasteiger partial charge in [-0.15, -0.1) is 6.58 Å². The molecule has 2 N–H and O–H groups in total. The van der Waals surface area contributed by atoms with E-state index in [2.05, 4.69) is 27.4 Å². The van der Waals surface area contributed by atoms with Crippen molar-refractivity contribution >= 4 is 17.8 Å². The third-order valence-corrected chi connectivity index (χ3v) is 7.65. The summed E-state index contributed by atoms with van der Waals surface area (Å²) < 4.78 is 6.30. The number of unbranched alkanes of at least 4 members (excludes halogenated alkanes) is 2. The second-order valence-corrected chi connectivity index (χ2v) is 12.0. The molecular weight excluding hydrogens is 436 g/mol. The molecular formula is C26H42N2O6. The number of carbonyl (C=O) groups is 3. The summed E-state index contributed by atoms with van der Waals surface area (Å²) in [6.45, 7) is 15.1. The zero-order valence-electron chi connectivity index (χ0n) is 21.4. The number of nitrogens with zero attached hydrogens (tertiary/aromatic N) is 2. The quantitative estimate of drug-likeness (QED) is 0.349. The van der Waals surface area contributed by atoms with Crippen molar-refractivity contribution in [1.29, 1.82) is 0 Å². The smallest absolute Gasteiger partial charge is 0.310 e. The van der Waals surface area contributed by atoms with Gasteiger partial charge in [0.2, 0.25) is 11.8 Å². The van der Waals surface area contributed by atoms with E-state index in [0.717, 1.165) is 12.8 Å². The molecule has 5 atom stereocenters. The van der Waals surface area contributed by atoms with E-state index >= 15 is 0 Å². The van der Waals surface area contributed by atoms with Gasteiger partial charge in [-0.2, -0.15) is 0 Å². The summed E-state index contributed by atoms with van der Waals surface area (Å²) in [5, 5.41) is 19.1. The first-order valence-electron chi connectivity index (χ1n) is 12.5. The molecule has 3 heterocycles. The number of amides is 2. The van der Waals surface area contributed by atoms with Crippen LogP contribution in [-0.2, 0) is 19.1 Å². The molecule has 3 aliphatic rings. The van der Waals surface area contributed by atoms with Crippen LogP contribution in [0.3, 0.4) is 0 Å². The van der Waals surface area contributed by atoms with Crippen molar-refractivity contribution < 1.29 is 29.3 Å². The van der Waals surface area contributed by atoms with Crippen molar-refractivity contribution in [2.75, 3.05) is 19.7 Å². The number of carboxylic acid groups (broad SMARTS) is 1. The second kappa shape index (κ2) is 9.61. The molecule has 0 aromatic heterocycles. The van der Waals surface area contributed by atoms with Gasteiger partial charge in [0.25, 0.3) is 0 Å². The third kappa shape index (κ3) is 4.63. The summed E-state index contributed by atoms with van der Waals surface area (Å²) in [7, 11) is 0. The van der Waals surface area contributed by atoms with Gasteiger partial charge in [0.15, 0.2) is 0 Å². The standard InChI is InChI=1S/C26H42N2O6/c1-7-13-28(25(5,6)16-24(2,3)4)22(31)20-26-12-11-17(34-26)18(23(32)33)19(26)21(30)27(20)14-9-8-10-15-29/h7,17-20,29H,1,8-16H2,2-6H3,(H,32,33)/t17-,18+,19+,20?,26?/m1/s1. The Labute approximate surface area is 203 Å². The average Bonchev–Trinajstić information content (AvgIpc) is 3.34. The predicted molar refractivity (Wildman–Crippen MR) is 128 cm³/mol. The fourth-order valence-electron chi connectivity index (χ4n) is 6.83. The number of likely N-dealkylation sites (tertiary alicyclic amines) is 1. The number of aliphatic hydroxyl groups excluding tert-OH is 1. The Bertz CT molecular complexity index is 819. The maximum Gasteiger partial charge on any atom is 0.310 e. The lowest BCUT2D eigenvalue weighted by molar-refractivity contribution is -0.153. The van der Waals surface area contributed by atoms with E-state index in [4.69, 9.17) is 9.84 Å². The molecule has 3 aliphatic heterocycles. The fraction of sp³-hybridized carbons (Fsp3) is 0.808. The van der Waals surface area contributed by atoms with Gasteiger partial charge in [0.1, 0.15) is 11.6 Å². The molecule has 3 fully saturated rings. The minimum atomic E-state index is -1.10. The number of carboxylic acids is 1. The van der Waals surface area contributed by atoms with Crippen LogP contribution in [0.1, 0.15) is 73.1 Å². The number of fused-ring (bicyclic) bond motifs is 1. The topological polar surface area (TPSA) is 107 Å². The van der Waals surface area contributed by atoms with Gasteiger partial charge in [0, 0.05) is 25.2 Å². The van der Waals surface area contributed by atoms with E-state index in [0.29, 0.717) is 38.8 Å². The van der Waals surface area contributed by atoms with Gasteiger partial charge in [-0.05, 0) is 57.8 Å². The largest absolute Gasteiger partial charge is 0.481 e. The van der Waals surface area contributed by atoms with Crippen molar-refractivity contribution in [2.24, 2.45) is 17.3 Å². The van der Waals surface area contributed by atoms with E-state index in [1.165, 1.54) is 0 Å². The van der Waals surface area contributed by atoms with Crippen LogP contribution in [0.5, 0.6) is 0 Å². The lowest BCUT2D eigenvalue weighted by atomic mass is 9.70. The van der Waals surface area contributed by atoms with Gasteiger partial charge >= 0.3 is 5.97 Å².